The van der Waals surface area contributed by atoms with Crippen LogP contribution in [0.25, 0.3) is 0 Å². The van der Waals surface area contributed by atoms with Gasteiger partial charge in [0.25, 0.3) is 5.91 Å². The molecule has 0 spiro atoms. The monoisotopic (exact) mass is 500 g/mol. The van der Waals surface area contributed by atoms with E-state index in [1.165, 1.54) is 0 Å². The third-order valence-corrected chi connectivity index (χ3v) is 7.17. The minimum atomic E-state index is -0.413. The molecule has 0 saturated heterocycles. The molecular weight excluding hydrogens is 468 g/mol. The molecule has 0 saturated carbocycles. The van der Waals surface area contributed by atoms with E-state index in [-0.39, 0.29) is 24.1 Å². The van der Waals surface area contributed by atoms with E-state index in [2.05, 4.69) is 10.6 Å². The first kappa shape index (κ1) is 24.8. The minimum Gasteiger partial charge on any atom is -0.490 e. The number of ketones is 2. The Labute approximate surface area is 216 Å². The van der Waals surface area contributed by atoms with Crippen molar-refractivity contribution >= 4 is 23.2 Å². The average molecular weight is 501 g/mol. The van der Waals surface area contributed by atoms with Crippen LogP contribution < -0.4 is 20.1 Å². The van der Waals surface area contributed by atoms with Gasteiger partial charge in [-0.15, -0.1) is 0 Å². The van der Waals surface area contributed by atoms with Gasteiger partial charge < -0.3 is 20.1 Å². The van der Waals surface area contributed by atoms with Crippen molar-refractivity contribution in [3.8, 4) is 11.5 Å². The molecule has 1 amide bonds. The number of aryl methyl sites for hydroxylation is 1. The second-order valence-corrected chi connectivity index (χ2v) is 9.69. The number of benzene rings is 2. The zero-order valence-electron chi connectivity index (χ0n) is 21.3. The van der Waals surface area contributed by atoms with Gasteiger partial charge in [-0.2, -0.15) is 0 Å². The van der Waals surface area contributed by atoms with Crippen LogP contribution in [0.5, 0.6) is 11.5 Å². The highest BCUT2D eigenvalue weighted by molar-refractivity contribution is 6.06. The predicted octanol–water partition coefficient (Wildman–Crippen LogP) is 5.11. The van der Waals surface area contributed by atoms with Crippen LogP contribution in [0, 0.1) is 6.92 Å². The van der Waals surface area contributed by atoms with E-state index < -0.39 is 5.92 Å². The highest BCUT2D eigenvalue weighted by atomic mass is 16.5. The molecule has 2 N–H and O–H groups in total. The number of Topliss-reactive ketones (excluding diaryl/α,β-unsaturated/α-hetero) is 2. The van der Waals surface area contributed by atoms with Gasteiger partial charge in [-0.25, -0.2) is 0 Å². The Morgan fingerprint density at radius 3 is 2.24 bits per heavy atom. The largest absolute Gasteiger partial charge is 0.490 e. The Balaban J connectivity index is 1.43. The summed E-state index contributed by atoms with van der Waals surface area (Å²) >= 11 is 0. The molecule has 3 aliphatic rings. The number of carbonyl (C=O) groups excluding carboxylic acids is 3. The van der Waals surface area contributed by atoms with Crippen LogP contribution >= 0.6 is 0 Å². The molecule has 0 unspecified atom stereocenters. The fourth-order valence-electron chi connectivity index (χ4n) is 5.45. The van der Waals surface area contributed by atoms with Gasteiger partial charge in [0.15, 0.2) is 29.7 Å². The number of anilines is 1. The number of dihydropyridines is 1. The smallest absolute Gasteiger partial charge is 0.262 e. The van der Waals surface area contributed by atoms with Crippen LogP contribution in [-0.4, -0.2) is 30.7 Å². The molecule has 0 bridgehead atoms. The van der Waals surface area contributed by atoms with Crippen LogP contribution in [-0.2, 0) is 14.4 Å². The minimum absolute atomic E-state index is 0.0924. The number of para-hydroxylation sites is 1. The average Bonchev–Trinajstić information content (AvgIpc) is 2.89. The number of carbonyl (C=O) groups is 3. The van der Waals surface area contributed by atoms with Crippen molar-refractivity contribution in [1.29, 1.82) is 0 Å². The predicted molar refractivity (Wildman–Crippen MR) is 141 cm³/mol. The Morgan fingerprint density at radius 1 is 0.919 bits per heavy atom. The first-order chi connectivity index (χ1) is 18.0. The van der Waals surface area contributed by atoms with Crippen LogP contribution in [0.4, 0.5) is 5.69 Å². The quantitative estimate of drug-likeness (QED) is 0.549. The zero-order valence-corrected chi connectivity index (χ0v) is 21.3. The number of hydrogen-bond acceptors (Lipinski definition) is 6. The van der Waals surface area contributed by atoms with E-state index in [4.69, 9.17) is 9.47 Å². The molecule has 5 rings (SSSR count). The van der Waals surface area contributed by atoms with Crippen LogP contribution in [0.15, 0.2) is 65.0 Å². The number of hydrogen-bond donors (Lipinski definition) is 2. The molecule has 0 radical (unpaired) electrons. The molecule has 0 atom stereocenters. The number of amides is 1. The lowest BCUT2D eigenvalue weighted by Gasteiger charge is -2.37. The van der Waals surface area contributed by atoms with Gasteiger partial charge in [0, 0.05) is 47.0 Å². The van der Waals surface area contributed by atoms with E-state index >= 15 is 0 Å². The van der Waals surface area contributed by atoms with Gasteiger partial charge >= 0.3 is 0 Å². The number of ether oxygens (including phenoxy) is 2. The second kappa shape index (κ2) is 10.6. The van der Waals surface area contributed by atoms with Crippen molar-refractivity contribution in [3.63, 3.8) is 0 Å². The SMILES string of the molecule is CCOc1cc(C2C3=C(CCCC3=O)NC3=C2C(=O)CCC3)ccc1OCC(=O)Nc1ccccc1C. The maximum Gasteiger partial charge on any atom is 0.262 e. The van der Waals surface area contributed by atoms with Gasteiger partial charge in [0.1, 0.15) is 0 Å². The Kier molecular flexibility index (Phi) is 7.12. The standard InChI is InChI=1S/C30H32N2O5/c1-3-36-26-16-19(14-15-25(26)37-17-27(35)32-20-9-5-4-8-18(20)2)28-29-21(10-6-12-23(29)33)31-22-11-7-13-24(34)30(22)28/h4-5,8-9,14-16,28,31H,3,6-7,10-13,17H2,1-2H3,(H,32,35). The lowest BCUT2D eigenvalue weighted by atomic mass is 9.71. The molecule has 7 heteroatoms. The van der Waals surface area contributed by atoms with E-state index in [1.54, 1.807) is 6.07 Å². The second-order valence-electron chi connectivity index (χ2n) is 9.69. The van der Waals surface area contributed by atoms with Gasteiger partial charge in [0.05, 0.1) is 6.61 Å². The highest BCUT2D eigenvalue weighted by Crippen LogP contribution is 2.46. The summed E-state index contributed by atoms with van der Waals surface area (Å²) in [6.07, 6.45) is 4.22. The van der Waals surface area contributed by atoms with Crippen molar-refractivity contribution < 1.29 is 23.9 Å². The number of allylic oxidation sites excluding steroid dienone is 4. The molecule has 192 valence electrons. The maximum absolute atomic E-state index is 13.1. The van der Waals surface area contributed by atoms with Crippen LogP contribution in [0.1, 0.15) is 62.5 Å². The molecule has 2 aromatic carbocycles. The third kappa shape index (κ3) is 5.03. The first-order valence-electron chi connectivity index (χ1n) is 13.0. The summed E-state index contributed by atoms with van der Waals surface area (Å²) in [6, 6.07) is 13.1. The lowest BCUT2D eigenvalue weighted by Crippen LogP contribution is -2.36. The molecule has 7 nitrogen and oxygen atoms in total. The van der Waals surface area contributed by atoms with E-state index in [0.29, 0.717) is 42.1 Å². The maximum atomic E-state index is 13.1. The molecule has 0 fully saturated rings. The van der Waals surface area contributed by atoms with Crippen molar-refractivity contribution in [3.05, 3.63) is 76.1 Å². The molecule has 1 heterocycles. The topological polar surface area (TPSA) is 93.7 Å². The first-order valence-corrected chi connectivity index (χ1v) is 13.0. The summed E-state index contributed by atoms with van der Waals surface area (Å²) in [5.41, 5.74) is 5.83. The van der Waals surface area contributed by atoms with Gasteiger partial charge in [-0.1, -0.05) is 24.3 Å². The summed E-state index contributed by atoms with van der Waals surface area (Å²) in [6.45, 7) is 4.03. The summed E-state index contributed by atoms with van der Waals surface area (Å²) in [7, 11) is 0. The van der Waals surface area contributed by atoms with Crippen molar-refractivity contribution in [2.24, 2.45) is 0 Å². The summed E-state index contributed by atoms with van der Waals surface area (Å²) in [5, 5.41) is 6.31. The van der Waals surface area contributed by atoms with E-state index in [9.17, 15) is 14.4 Å². The zero-order chi connectivity index (χ0) is 25.9. The molecule has 2 aliphatic carbocycles. The van der Waals surface area contributed by atoms with Gasteiger partial charge in [-0.05, 0) is 68.9 Å². The normalized spacial score (nSPS) is 17.7. The number of rotatable bonds is 7. The Hall–Kier alpha value is -3.87. The Bertz CT molecular complexity index is 1280. The van der Waals surface area contributed by atoms with Crippen molar-refractivity contribution in [2.75, 3.05) is 18.5 Å². The Morgan fingerprint density at radius 2 is 1.59 bits per heavy atom. The number of nitrogens with one attached hydrogen (secondary N) is 2. The molecule has 0 aromatic heterocycles. The third-order valence-electron chi connectivity index (χ3n) is 7.17. The molecule has 37 heavy (non-hydrogen) atoms. The molecular formula is C30H32N2O5. The summed E-state index contributed by atoms with van der Waals surface area (Å²) in [5.74, 6) is 0.421. The van der Waals surface area contributed by atoms with E-state index in [0.717, 1.165) is 53.9 Å². The van der Waals surface area contributed by atoms with Crippen molar-refractivity contribution in [1.82, 2.24) is 5.32 Å². The molecule has 2 aromatic rings. The van der Waals surface area contributed by atoms with E-state index in [1.807, 2.05) is 50.2 Å². The van der Waals surface area contributed by atoms with Crippen LogP contribution in [0.3, 0.4) is 0 Å². The highest BCUT2D eigenvalue weighted by Gasteiger charge is 2.40. The van der Waals surface area contributed by atoms with Gasteiger partial charge in [-0.3, -0.25) is 14.4 Å². The fraction of sp³-hybridized carbons (Fsp3) is 0.367. The fourth-order valence-corrected chi connectivity index (χ4v) is 5.45. The van der Waals surface area contributed by atoms with Crippen molar-refractivity contribution in [2.45, 2.75) is 58.3 Å². The summed E-state index contributed by atoms with van der Waals surface area (Å²) < 4.78 is 11.7. The summed E-state index contributed by atoms with van der Waals surface area (Å²) in [4.78, 5) is 38.7. The molecule has 1 aliphatic heterocycles. The lowest BCUT2D eigenvalue weighted by molar-refractivity contribution is -0.118. The van der Waals surface area contributed by atoms with Crippen LogP contribution in [0.2, 0.25) is 0 Å². The van der Waals surface area contributed by atoms with Gasteiger partial charge in [0.2, 0.25) is 0 Å².